The van der Waals surface area contributed by atoms with E-state index in [1.165, 1.54) is 40.4 Å². The van der Waals surface area contributed by atoms with E-state index in [9.17, 15) is 17.6 Å². The molecule has 0 saturated carbocycles. The highest BCUT2D eigenvalue weighted by atomic mass is 32.2. The average Bonchev–Trinajstić information content (AvgIpc) is 3.18. The number of anilines is 1. The van der Waals surface area contributed by atoms with E-state index in [2.05, 4.69) is 0 Å². The number of carbonyl (C=O) groups is 1. The largest absolute Gasteiger partial charge is 0.490 e. The molecule has 0 bridgehead atoms. The molecule has 4 rings (SSSR count). The van der Waals surface area contributed by atoms with Gasteiger partial charge < -0.3 is 9.64 Å². The summed E-state index contributed by atoms with van der Waals surface area (Å²) in [7, 11) is -3.78. The van der Waals surface area contributed by atoms with Gasteiger partial charge >= 0.3 is 0 Å². The van der Waals surface area contributed by atoms with Crippen LogP contribution in [-0.4, -0.2) is 38.3 Å². The molecule has 2 heterocycles. The van der Waals surface area contributed by atoms with Crippen LogP contribution in [0.5, 0.6) is 5.75 Å². The Morgan fingerprint density at radius 2 is 1.89 bits per heavy atom. The number of carbonyl (C=O) groups excluding carboxylic acids is 1. The standard InChI is InChI=1S/C20H21FN2O4S/c1-14(24)22-11-12-27-20-9-8-17(13-19(20)22)28(25,26)23-10-2-3-18(23)15-4-6-16(21)7-5-15/h4-9,13,18H,2-3,10-12H2,1H3. The second-order valence-electron chi connectivity index (χ2n) is 6.97. The molecule has 0 aliphatic carbocycles. The number of hydrogen-bond acceptors (Lipinski definition) is 4. The van der Waals surface area contributed by atoms with Gasteiger partial charge in [-0.15, -0.1) is 0 Å². The zero-order valence-corrected chi connectivity index (χ0v) is 16.3. The van der Waals surface area contributed by atoms with Crippen molar-refractivity contribution >= 4 is 21.6 Å². The summed E-state index contributed by atoms with van der Waals surface area (Å²) in [5.74, 6) is -0.0171. The fourth-order valence-corrected chi connectivity index (χ4v) is 5.57. The zero-order valence-electron chi connectivity index (χ0n) is 15.5. The van der Waals surface area contributed by atoms with E-state index < -0.39 is 10.0 Å². The number of hydrogen-bond donors (Lipinski definition) is 0. The Labute approximate surface area is 163 Å². The Hall–Kier alpha value is -2.45. The van der Waals surface area contributed by atoms with Crippen LogP contribution in [0.1, 0.15) is 31.4 Å². The molecule has 2 aromatic carbocycles. The van der Waals surface area contributed by atoms with Crippen molar-refractivity contribution in [1.29, 1.82) is 0 Å². The van der Waals surface area contributed by atoms with Gasteiger partial charge in [-0.2, -0.15) is 4.31 Å². The van der Waals surface area contributed by atoms with E-state index in [4.69, 9.17) is 4.74 Å². The number of rotatable bonds is 3. The first-order chi connectivity index (χ1) is 13.4. The van der Waals surface area contributed by atoms with E-state index in [0.29, 0.717) is 37.6 Å². The van der Waals surface area contributed by atoms with Gasteiger partial charge in [-0.05, 0) is 48.7 Å². The molecule has 1 saturated heterocycles. The topological polar surface area (TPSA) is 66.9 Å². The smallest absolute Gasteiger partial charge is 0.243 e. The van der Waals surface area contributed by atoms with Gasteiger partial charge in [-0.25, -0.2) is 12.8 Å². The van der Waals surface area contributed by atoms with Crippen LogP contribution in [0.25, 0.3) is 0 Å². The molecule has 1 amide bonds. The predicted molar refractivity (Wildman–Crippen MR) is 102 cm³/mol. The normalized spacial score (nSPS) is 19.9. The van der Waals surface area contributed by atoms with Crippen molar-refractivity contribution < 1.29 is 22.3 Å². The van der Waals surface area contributed by atoms with Gasteiger partial charge in [0.15, 0.2) is 0 Å². The maximum atomic E-state index is 13.4. The molecular formula is C20H21FN2O4S. The summed E-state index contributed by atoms with van der Waals surface area (Å²) in [4.78, 5) is 13.6. The molecule has 0 radical (unpaired) electrons. The summed E-state index contributed by atoms with van der Waals surface area (Å²) in [5, 5.41) is 0. The maximum absolute atomic E-state index is 13.4. The summed E-state index contributed by atoms with van der Waals surface area (Å²) in [5.41, 5.74) is 1.24. The van der Waals surface area contributed by atoms with Crippen molar-refractivity contribution in [3.05, 3.63) is 53.8 Å². The summed E-state index contributed by atoms with van der Waals surface area (Å²) in [6.45, 7) is 2.60. The maximum Gasteiger partial charge on any atom is 0.243 e. The van der Waals surface area contributed by atoms with Gasteiger partial charge in [0.05, 0.1) is 23.2 Å². The number of benzene rings is 2. The van der Waals surface area contributed by atoms with Crippen molar-refractivity contribution in [3.8, 4) is 5.75 Å². The predicted octanol–water partition coefficient (Wildman–Crippen LogP) is 3.10. The van der Waals surface area contributed by atoms with Crippen LogP contribution in [0.15, 0.2) is 47.4 Å². The highest BCUT2D eigenvalue weighted by Gasteiger charge is 2.37. The molecule has 6 nitrogen and oxygen atoms in total. The minimum atomic E-state index is -3.78. The van der Waals surface area contributed by atoms with Crippen LogP contribution in [0, 0.1) is 5.82 Å². The Kier molecular flexibility index (Phi) is 4.84. The van der Waals surface area contributed by atoms with Gasteiger partial charge in [-0.3, -0.25) is 4.79 Å². The highest BCUT2D eigenvalue weighted by molar-refractivity contribution is 7.89. The fourth-order valence-electron chi connectivity index (χ4n) is 3.87. The van der Waals surface area contributed by atoms with E-state index in [-0.39, 0.29) is 22.7 Å². The summed E-state index contributed by atoms with van der Waals surface area (Å²) in [6.07, 6.45) is 1.41. The average molecular weight is 404 g/mol. The van der Waals surface area contributed by atoms with Crippen LogP contribution in [0.4, 0.5) is 10.1 Å². The van der Waals surface area contributed by atoms with Crippen LogP contribution >= 0.6 is 0 Å². The lowest BCUT2D eigenvalue weighted by atomic mass is 10.1. The van der Waals surface area contributed by atoms with Gasteiger partial charge in [0, 0.05) is 13.5 Å². The summed E-state index contributed by atoms with van der Waals surface area (Å²) < 4.78 is 47.0. The van der Waals surface area contributed by atoms with Gasteiger partial charge in [0.1, 0.15) is 18.2 Å². The lowest BCUT2D eigenvalue weighted by Gasteiger charge is -2.30. The van der Waals surface area contributed by atoms with E-state index >= 15 is 0 Å². The van der Waals surface area contributed by atoms with Gasteiger partial charge in [-0.1, -0.05) is 12.1 Å². The monoisotopic (exact) mass is 404 g/mol. The second kappa shape index (κ2) is 7.18. The third-order valence-corrected chi connectivity index (χ3v) is 7.14. The Morgan fingerprint density at radius 3 is 2.61 bits per heavy atom. The molecule has 1 unspecified atom stereocenters. The van der Waals surface area contributed by atoms with E-state index in [1.807, 2.05) is 0 Å². The molecule has 1 fully saturated rings. The first kappa shape index (κ1) is 18.9. The first-order valence-electron chi connectivity index (χ1n) is 9.20. The number of amides is 1. The van der Waals surface area contributed by atoms with Crippen molar-refractivity contribution in [3.63, 3.8) is 0 Å². The van der Waals surface area contributed by atoms with Crippen LogP contribution in [0.2, 0.25) is 0 Å². The molecule has 2 aliphatic heterocycles. The lowest BCUT2D eigenvalue weighted by molar-refractivity contribution is -0.116. The molecule has 148 valence electrons. The Balaban J connectivity index is 1.71. The van der Waals surface area contributed by atoms with Crippen molar-refractivity contribution in [2.45, 2.75) is 30.7 Å². The number of sulfonamides is 1. The van der Waals surface area contributed by atoms with Crippen molar-refractivity contribution in [2.75, 3.05) is 24.6 Å². The summed E-state index contributed by atoms with van der Waals surface area (Å²) in [6, 6.07) is 10.2. The molecule has 1 atom stereocenters. The Morgan fingerprint density at radius 1 is 1.14 bits per heavy atom. The minimum absolute atomic E-state index is 0.122. The molecular weight excluding hydrogens is 383 g/mol. The minimum Gasteiger partial charge on any atom is -0.490 e. The molecule has 8 heteroatoms. The summed E-state index contributed by atoms with van der Waals surface area (Å²) >= 11 is 0. The first-order valence-corrected chi connectivity index (χ1v) is 10.6. The van der Waals surface area contributed by atoms with Crippen molar-refractivity contribution in [2.24, 2.45) is 0 Å². The number of halogens is 1. The second-order valence-corrected chi connectivity index (χ2v) is 8.86. The number of ether oxygens (including phenoxy) is 1. The molecule has 2 aromatic rings. The molecule has 2 aliphatic rings. The van der Waals surface area contributed by atoms with Crippen molar-refractivity contribution in [1.82, 2.24) is 4.31 Å². The van der Waals surface area contributed by atoms with Crippen LogP contribution in [-0.2, 0) is 14.8 Å². The number of fused-ring (bicyclic) bond motifs is 1. The highest BCUT2D eigenvalue weighted by Crippen LogP contribution is 2.39. The van der Waals surface area contributed by atoms with E-state index in [1.54, 1.807) is 18.2 Å². The Bertz CT molecular complexity index is 1010. The fraction of sp³-hybridized carbons (Fsp3) is 0.350. The molecule has 28 heavy (non-hydrogen) atoms. The van der Waals surface area contributed by atoms with Crippen LogP contribution < -0.4 is 9.64 Å². The van der Waals surface area contributed by atoms with E-state index in [0.717, 1.165) is 12.0 Å². The number of nitrogens with zero attached hydrogens (tertiary/aromatic N) is 2. The molecule has 0 N–H and O–H groups in total. The molecule has 0 spiro atoms. The SMILES string of the molecule is CC(=O)N1CCOc2ccc(S(=O)(=O)N3CCCC3c3ccc(F)cc3)cc21. The third kappa shape index (κ3) is 3.27. The lowest BCUT2D eigenvalue weighted by Crippen LogP contribution is -2.36. The zero-order chi connectivity index (χ0) is 19.9. The van der Waals surface area contributed by atoms with Crippen LogP contribution in [0.3, 0.4) is 0 Å². The van der Waals surface area contributed by atoms with Gasteiger partial charge in [0.25, 0.3) is 0 Å². The quantitative estimate of drug-likeness (QED) is 0.789. The third-order valence-electron chi connectivity index (χ3n) is 5.24. The van der Waals surface area contributed by atoms with Gasteiger partial charge in [0.2, 0.25) is 15.9 Å². The molecule has 0 aromatic heterocycles.